The minimum absolute atomic E-state index is 0.103. The highest BCUT2D eigenvalue weighted by Gasteiger charge is 2.33. The molecule has 3 heterocycles. The number of carbonyl (C=O) groups is 2. The van der Waals surface area contributed by atoms with Crippen LogP contribution in [-0.2, 0) is 14.3 Å². The number of benzene rings is 1. The third kappa shape index (κ3) is 5.60. The Labute approximate surface area is 200 Å². The van der Waals surface area contributed by atoms with Gasteiger partial charge < -0.3 is 14.5 Å². The molecule has 4 rings (SSSR count). The van der Waals surface area contributed by atoms with Crippen LogP contribution in [0, 0.1) is 0 Å². The molecule has 0 bridgehead atoms. The summed E-state index contributed by atoms with van der Waals surface area (Å²) in [6, 6.07) is 10.9. The normalized spacial score (nSPS) is 18.5. The molecule has 32 heavy (non-hydrogen) atoms. The molecule has 0 atom stereocenters. The smallest absolute Gasteiger partial charge is 0.266 e. The molecule has 0 saturated carbocycles. The highest BCUT2D eigenvalue weighted by atomic mass is 35.5. The summed E-state index contributed by atoms with van der Waals surface area (Å²) in [6.07, 6.45) is 1.63. The number of nitrogens with one attached hydrogen (secondary N) is 1. The van der Waals surface area contributed by atoms with Crippen LogP contribution in [-0.4, -0.2) is 71.9 Å². The lowest BCUT2D eigenvalue weighted by molar-refractivity contribution is -0.128. The van der Waals surface area contributed by atoms with Crippen LogP contribution < -0.4 is 5.32 Å². The number of thiocarbonyl (C=S) groups is 1. The van der Waals surface area contributed by atoms with E-state index < -0.39 is 0 Å². The number of ether oxygens (including phenoxy) is 1. The van der Waals surface area contributed by atoms with Gasteiger partial charge in [0.2, 0.25) is 5.91 Å². The highest BCUT2D eigenvalue weighted by Crippen LogP contribution is 2.34. The van der Waals surface area contributed by atoms with Crippen molar-refractivity contribution in [2.75, 3.05) is 45.9 Å². The maximum Gasteiger partial charge on any atom is 0.266 e. The Morgan fingerprint density at radius 3 is 2.78 bits per heavy atom. The van der Waals surface area contributed by atoms with Gasteiger partial charge in [0, 0.05) is 37.8 Å². The molecule has 0 aliphatic carbocycles. The van der Waals surface area contributed by atoms with Gasteiger partial charge in [0.05, 0.1) is 23.1 Å². The van der Waals surface area contributed by atoms with Crippen LogP contribution in [0.2, 0.25) is 5.02 Å². The van der Waals surface area contributed by atoms with Crippen molar-refractivity contribution in [2.24, 2.45) is 0 Å². The first kappa shape index (κ1) is 23.0. The SMILES string of the molecule is O=C(CN1C(=O)C(=Cc2ccc(-c3ccccc3Cl)o2)SC1=S)NCCN1CCOCC1. The first-order valence-corrected chi connectivity index (χ1v) is 11.8. The Morgan fingerprint density at radius 1 is 1.22 bits per heavy atom. The lowest BCUT2D eigenvalue weighted by Gasteiger charge is -2.26. The molecule has 2 aliphatic heterocycles. The van der Waals surface area contributed by atoms with E-state index in [1.807, 2.05) is 18.2 Å². The molecule has 168 valence electrons. The van der Waals surface area contributed by atoms with E-state index in [1.165, 1.54) is 4.90 Å². The first-order chi connectivity index (χ1) is 15.5. The predicted molar refractivity (Wildman–Crippen MR) is 129 cm³/mol. The lowest BCUT2D eigenvalue weighted by atomic mass is 10.2. The topological polar surface area (TPSA) is 75.0 Å². The third-order valence-electron chi connectivity index (χ3n) is 5.07. The van der Waals surface area contributed by atoms with Crippen molar-refractivity contribution in [2.45, 2.75) is 0 Å². The van der Waals surface area contributed by atoms with Crippen LogP contribution in [0.3, 0.4) is 0 Å². The molecule has 1 aromatic carbocycles. The minimum atomic E-state index is -0.306. The number of hydrogen-bond donors (Lipinski definition) is 1. The summed E-state index contributed by atoms with van der Waals surface area (Å²) in [5, 5.41) is 3.44. The molecule has 7 nitrogen and oxygen atoms in total. The zero-order valence-corrected chi connectivity index (χ0v) is 19.6. The van der Waals surface area contributed by atoms with Crippen molar-refractivity contribution in [3.63, 3.8) is 0 Å². The second-order valence-corrected chi connectivity index (χ2v) is 9.34. The molecule has 10 heteroatoms. The van der Waals surface area contributed by atoms with Gasteiger partial charge >= 0.3 is 0 Å². The summed E-state index contributed by atoms with van der Waals surface area (Å²) >= 11 is 12.7. The van der Waals surface area contributed by atoms with Gasteiger partial charge in [-0.1, -0.05) is 47.7 Å². The van der Waals surface area contributed by atoms with Crippen molar-refractivity contribution in [1.29, 1.82) is 0 Å². The molecular weight excluding hydrogens is 470 g/mol. The van der Waals surface area contributed by atoms with E-state index in [2.05, 4.69) is 10.2 Å². The molecule has 2 fully saturated rings. The summed E-state index contributed by atoms with van der Waals surface area (Å²) in [4.78, 5) is 29.1. The highest BCUT2D eigenvalue weighted by molar-refractivity contribution is 8.26. The fourth-order valence-electron chi connectivity index (χ4n) is 3.38. The Kier molecular flexibility index (Phi) is 7.64. The molecule has 0 unspecified atom stereocenters. The number of thioether (sulfide) groups is 1. The maximum atomic E-state index is 12.8. The molecular formula is C22H22ClN3O4S2. The van der Waals surface area contributed by atoms with Crippen LogP contribution >= 0.6 is 35.6 Å². The molecule has 0 spiro atoms. The average Bonchev–Trinajstić information content (AvgIpc) is 3.35. The standard InChI is InChI=1S/C22H22ClN3O4S2/c23-17-4-2-1-3-16(17)18-6-5-15(30-18)13-19-21(28)26(22(31)32-19)14-20(27)24-7-8-25-9-11-29-12-10-25/h1-6,13H,7-12,14H2,(H,24,27). The minimum Gasteiger partial charge on any atom is -0.457 e. The Balaban J connectivity index is 1.34. The van der Waals surface area contributed by atoms with Gasteiger partial charge in [-0.25, -0.2) is 0 Å². The van der Waals surface area contributed by atoms with E-state index in [0.29, 0.717) is 45.5 Å². The van der Waals surface area contributed by atoms with Gasteiger partial charge in [-0.15, -0.1) is 0 Å². The van der Waals surface area contributed by atoms with E-state index in [4.69, 9.17) is 33.0 Å². The number of rotatable bonds is 7. The lowest BCUT2D eigenvalue weighted by Crippen LogP contribution is -2.44. The van der Waals surface area contributed by atoms with Crippen molar-refractivity contribution in [3.8, 4) is 11.3 Å². The zero-order valence-electron chi connectivity index (χ0n) is 17.2. The third-order valence-corrected chi connectivity index (χ3v) is 6.78. The number of carbonyl (C=O) groups excluding carboxylic acids is 2. The molecule has 1 N–H and O–H groups in total. The fraction of sp³-hybridized carbons (Fsp3) is 0.318. The Bertz CT molecular complexity index is 1050. The summed E-state index contributed by atoms with van der Waals surface area (Å²) in [7, 11) is 0. The summed E-state index contributed by atoms with van der Waals surface area (Å²) in [5.74, 6) is 0.571. The number of nitrogens with zero attached hydrogens (tertiary/aromatic N) is 2. The molecule has 2 aromatic rings. The quantitative estimate of drug-likeness (QED) is 0.470. The van der Waals surface area contributed by atoms with Gasteiger partial charge in [-0.3, -0.25) is 19.4 Å². The fourth-order valence-corrected chi connectivity index (χ4v) is 4.84. The van der Waals surface area contributed by atoms with Gasteiger partial charge in [-0.05, 0) is 24.3 Å². The van der Waals surface area contributed by atoms with E-state index in [1.54, 1.807) is 24.3 Å². The number of hydrogen-bond acceptors (Lipinski definition) is 7. The van der Waals surface area contributed by atoms with Crippen LogP contribution in [0.15, 0.2) is 45.7 Å². The van der Waals surface area contributed by atoms with Crippen LogP contribution in [0.1, 0.15) is 5.76 Å². The van der Waals surface area contributed by atoms with E-state index in [9.17, 15) is 9.59 Å². The summed E-state index contributed by atoms with van der Waals surface area (Å²) in [6.45, 7) is 4.31. The van der Waals surface area contributed by atoms with Crippen LogP contribution in [0.4, 0.5) is 0 Å². The van der Waals surface area contributed by atoms with Gasteiger partial charge in [0.15, 0.2) is 0 Å². The molecule has 1 aromatic heterocycles. The molecule has 0 radical (unpaired) electrons. The van der Waals surface area contributed by atoms with Crippen molar-refractivity contribution in [3.05, 3.63) is 52.1 Å². The van der Waals surface area contributed by atoms with Crippen LogP contribution in [0.5, 0.6) is 0 Å². The molecule has 2 saturated heterocycles. The Morgan fingerprint density at radius 2 is 2.00 bits per heavy atom. The second kappa shape index (κ2) is 10.6. The summed E-state index contributed by atoms with van der Waals surface area (Å²) in [5.41, 5.74) is 0.773. The van der Waals surface area contributed by atoms with Crippen molar-refractivity contribution >= 4 is 57.8 Å². The zero-order chi connectivity index (χ0) is 22.5. The largest absolute Gasteiger partial charge is 0.457 e. The maximum absolute atomic E-state index is 12.8. The van der Waals surface area contributed by atoms with Crippen molar-refractivity contribution < 1.29 is 18.7 Å². The molecule has 2 amide bonds. The monoisotopic (exact) mass is 491 g/mol. The average molecular weight is 492 g/mol. The molecule has 2 aliphatic rings. The van der Waals surface area contributed by atoms with Gasteiger partial charge in [0.1, 0.15) is 22.4 Å². The van der Waals surface area contributed by atoms with E-state index in [0.717, 1.165) is 37.0 Å². The first-order valence-electron chi connectivity index (χ1n) is 10.2. The summed E-state index contributed by atoms with van der Waals surface area (Å²) < 4.78 is 11.5. The predicted octanol–water partition coefficient (Wildman–Crippen LogP) is 3.25. The van der Waals surface area contributed by atoms with E-state index in [-0.39, 0.29) is 18.4 Å². The number of furan rings is 1. The number of amides is 2. The van der Waals surface area contributed by atoms with Crippen molar-refractivity contribution in [1.82, 2.24) is 15.1 Å². The number of halogens is 1. The van der Waals surface area contributed by atoms with Gasteiger partial charge in [0.25, 0.3) is 5.91 Å². The number of morpholine rings is 1. The van der Waals surface area contributed by atoms with Crippen LogP contribution in [0.25, 0.3) is 17.4 Å². The van der Waals surface area contributed by atoms with Gasteiger partial charge in [-0.2, -0.15) is 0 Å². The second-order valence-electron chi connectivity index (χ2n) is 7.25. The Hall–Kier alpha value is -2.17. The van der Waals surface area contributed by atoms with E-state index >= 15 is 0 Å².